The molecule has 0 saturated carbocycles. The van der Waals surface area contributed by atoms with E-state index in [1.165, 1.54) is 5.56 Å². The molecule has 0 N–H and O–H groups in total. The normalized spacial score (nSPS) is 24.3. The van der Waals surface area contributed by atoms with E-state index in [1.54, 1.807) is 11.9 Å². The molecular formula is C19H29N3O3S. The highest BCUT2D eigenvalue weighted by Gasteiger charge is 2.33. The Kier molecular flexibility index (Phi) is 6.32. The van der Waals surface area contributed by atoms with E-state index in [0.29, 0.717) is 13.0 Å². The maximum absolute atomic E-state index is 12.6. The lowest BCUT2D eigenvalue weighted by molar-refractivity contribution is -0.132. The standard InChI is InChI=1S/C19H29N3O3S/c1-20(18-8-13-26(24,25)16-18)19(23)15-22-10-5-9-21(11-12-22)14-17-6-3-2-4-7-17/h2-4,6-7,18H,5,8-16H2,1H3/t18-/m0/s1. The van der Waals surface area contributed by atoms with E-state index < -0.39 is 9.84 Å². The molecular weight excluding hydrogens is 350 g/mol. The molecule has 26 heavy (non-hydrogen) atoms. The summed E-state index contributed by atoms with van der Waals surface area (Å²) >= 11 is 0. The fraction of sp³-hybridized carbons (Fsp3) is 0.632. The summed E-state index contributed by atoms with van der Waals surface area (Å²) in [6.07, 6.45) is 1.61. The van der Waals surface area contributed by atoms with Gasteiger partial charge in [-0.25, -0.2) is 8.42 Å². The molecule has 6 nitrogen and oxygen atoms in total. The zero-order valence-corrected chi connectivity index (χ0v) is 16.3. The van der Waals surface area contributed by atoms with Crippen molar-refractivity contribution in [3.05, 3.63) is 35.9 Å². The Morgan fingerprint density at radius 3 is 2.50 bits per heavy atom. The molecule has 2 saturated heterocycles. The lowest BCUT2D eigenvalue weighted by atomic mass is 10.2. The molecule has 0 radical (unpaired) electrons. The van der Waals surface area contributed by atoms with Crippen LogP contribution in [0.3, 0.4) is 0 Å². The number of sulfone groups is 1. The van der Waals surface area contributed by atoms with E-state index in [0.717, 1.165) is 39.1 Å². The van der Waals surface area contributed by atoms with Gasteiger partial charge in [-0.1, -0.05) is 30.3 Å². The topological polar surface area (TPSA) is 60.9 Å². The van der Waals surface area contributed by atoms with Crippen molar-refractivity contribution in [2.45, 2.75) is 25.4 Å². The molecule has 144 valence electrons. The van der Waals surface area contributed by atoms with Gasteiger partial charge >= 0.3 is 0 Å². The fourth-order valence-electron chi connectivity index (χ4n) is 3.77. The Morgan fingerprint density at radius 1 is 1.12 bits per heavy atom. The summed E-state index contributed by atoms with van der Waals surface area (Å²) in [5.74, 6) is 0.344. The smallest absolute Gasteiger partial charge is 0.236 e. The Labute approximate surface area is 156 Å². The third-order valence-electron chi connectivity index (χ3n) is 5.44. The summed E-state index contributed by atoms with van der Waals surface area (Å²) in [5.41, 5.74) is 1.32. The van der Waals surface area contributed by atoms with Crippen molar-refractivity contribution in [1.82, 2.24) is 14.7 Å². The second-order valence-electron chi connectivity index (χ2n) is 7.45. The first-order chi connectivity index (χ1) is 12.4. The van der Waals surface area contributed by atoms with Crippen LogP contribution < -0.4 is 0 Å². The molecule has 1 aromatic carbocycles. The van der Waals surface area contributed by atoms with Crippen molar-refractivity contribution in [1.29, 1.82) is 0 Å². The van der Waals surface area contributed by atoms with Crippen molar-refractivity contribution in [2.75, 3.05) is 51.3 Å². The minimum atomic E-state index is -2.96. The molecule has 3 rings (SSSR count). The second kappa shape index (κ2) is 8.50. The van der Waals surface area contributed by atoms with Gasteiger partial charge in [0.1, 0.15) is 0 Å². The van der Waals surface area contributed by atoms with Gasteiger partial charge in [-0.2, -0.15) is 0 Å². The van der Waals surface area contributed by atoms with Gasteiger partial charge in [0.25, 0.3) is 0 Å². The lowest BCUT2D eigenvalue weighted by Crippen LogP contribution is -2.44. The molecule has 2 aliphatic heterocycles. The van der Waals surface area contributed by atoms with Crippen LogP contribution in [-0.2, 0) is 21.2 Å². The van der Waals surface area contributed by atoms with Crippen LogP contribution >= 0.6 is 0 Å². The highest BCUT2D eigenvalue weighted by molar-refractivity contribution is 7.91. The van der Waals surface area contributed by atoms with Crippen molar-refractivity contribution >= 4 is 15.7 Å². The van der Waals surface area contributed by atoms with E-state index >= 15 is 0 Å². The second-order valence-corrected chi connectivity index (χ2v) is 9.68. The van der Waals surface area contributed by atoms with Gasteiger partial charge in [-0.05, 0) is 31.5 Å². The zero-order valence-electron chi connectivity index (χ0n) is 15.5. The van der Waals surface area contributed by atoms with Crippen LogP contribution in [0.25, 0.3) is 0 Å². The largest absolute Gasteiger partial charge is 0.341 e. The van der Waals surface area contributed by atoms with E-state index in [9.17, 15) is 13.2 Å². The summed E-state index contributed by atoms with van der Waals surface area (Å²) in [5, 5.41) is 0. The highest BCUT2D eigenvalue weighted by atomic mass is 32.2. The van der Waals surface area contributed by atoms with E-state index in [-0.39, 0.29) is 23.5 Å². The molecule has 0 aromatic heterocycles. The number of nitrogens with zero attached hydrogens (tertiary/aromatic N) is 3. The minimum absolute atomic E-state index is 0.0311. The number of hydrogen-bond acceptors (Lipinski definition) is 5. The Morgan fingerprint density at radius 2 is 1.81 bits per heavy atom. The van der Waals surface area contributed by atoms with Gasteiger partial charge in [-0.3, -0.25) is 14.6 Å². The Balaban J connectivity index is 1.47. The third-order valence-corrected chi connectivity index (χ3v) is 7.19. The number of carbonyl (C=O) groups excluding carboxylic acids is 1. The van der Waals surface area contributed by atoms with Crippen LogP contribution in [-0.4, -0.2) is 86.3 Å². The number of amides is 1. The molecule has 2 heterocycles. The molecule has 1 atom stereocenters. The van der Waals surface area contributed by atoms with Crippen molar-refractivity contribution in [3.8, 4) is 0 Å². The van der Waals surface area contributed by atoms with Crippen LogP contribution in [0.1, 0.15) is 18.4 Å². The third kappa shape index (κ3) is 5.28. The SMILES string of the molecule is CN(C(=O)CN1CCCN(Cc2ccccc2)CC1)[C@H]1CCS(=O)(=O)C1. The molecule has 0 unspecified atom stereocenters. The van der Waals surface area contributed by atoms with Gasteiger partial charge in [-0.15, -0.1) is 0 Å². The monoisotopic (exact) mass is 379 g/mol. The highest BCUT2D eigenvalue weighted by Crippen LogP contribution is 2.17. The molecule has 2 aliphatic rings. The van der Waals surface area contributed by atoms with Crippen LogP contribution in [0.2, 0.25) is 0 Å². The summed E-state index contributed by atoms with van der Waals surface area (Å²) in [6, 6.07) is 10.3. The van der Waals surface area contributed by atoms with Crippen LogP contribution in [0.15, 0.2) is 30.3 Å². The molecule has 1 aromatic rings. The Bertz CT molecular complexity index is 708. The molecule has 1 amide bonds. The predicted molar refractivity (Wildman–Crippen MR) is 103 cm³/mol. The number of hydrogen-bond donors (Lipinski definition) is 0. The van der Waals surface area contributed by atoms with Gasteiger partial charge in [0, 0.05) is 32.7 Å². The molecule has 0 bridgehead atoms. The van der Waals surface area contributed by atoms with Crippen molar-refractivity contribution < 1.29 is 13.2 Å². The van der Waals surface area contributed by atoms with E-state index in [4.69, 9.17) is 0 Å². The minimum Gasteiger partial charge on any atom is -0.341 e. The molecule has 0 aliphatic carbocycles. The number of carbonyl (C=O) groups is 1. The maximum Gasteiger partial charge on any atom is 0.236 e. The van der Waals surface area contributed by atoms with E-state index in [2.05, 4.69) is 34.1 Å². The fourth-order valence-corrected chi connectivity index (χ4v) is 5.54. The summed E-state index contributed by atoms with van der Waals surface area (Å²) in [4.78, 5) is 18.9. The van der Waals surface area contributed by atoms with Crippen LogP contribution in [0.5, 0.6) is 0 Å². The molecule has 7 heteroatoms. The van der Waals surface area contributed by atoms with Gasteiger partial charge in [0.05, 0.1) is 18.1 Å². The summed E-state index contributed by atoms with van der Waals surface area (Å²) in [7, 11) is -1.22. The molecule has 0 spiro atoms. The zero-order chi connectivity index (χ0) is 18.6. The van der Waals surface area contributed by atoms with Crippen LogP contribution in [0.4, 0.5) is 0 Å². The van der Waals surface area contributed by atoms with Crippen molar-refractivity contribution in [3.63, 3.8) is 0 Å². The summed E-state index contributed by atoms with van der Waals surface area (Å²) in [6.45, 7) is 5.10. The maximum atomic E-state index is 12.6. The number of rotatable bonds is 5. The predicted octanol–water partition coefficient (Wildman–Crippen LogP) is 0.840. The average Bonchev–Trinajstić information content (AvgIpc) is 2.84. The first-order valence-electron chi connectivity index (χ1n) is 9.38. The number of benzene rings is 1. The quantitative estimate of drug-likeness (QED) is 0.759. The summed E-state index contributed by atoms with van der Waals surface area (Å²) < 4.78 is 23.3. The first kappa shape index (κ1) is 19.3. The lowest BCUT2D eigenvalue weighted by Gasteiger charge is -2.27. The van der Waals surface area contributed by atoms with E-state index in [1.807, 2.05) is 6.07 Å². The average molecular weight is 380 g/mol. The van der Waals surface area contributed by atoms with Crippen LogP contribution in [0, 0.1) is 0 Å². The van der Waals surface area contributed by atoms with Gasteiger partial charge < -0.3 is 4.90 Å². The van der Waals surface area contributed by atoms with Crippen molar-refractivity contribution in [2.24, 2.45) is 0 Å². The van der Waals surface area contributed by atoms with Gasteiger partial charge in [0.2, 0.25) is 5.91 Å². The first-order valence-corrected chi connectivity index (χ1v) is 11.2. The Hall–Kier alpha value is -1.44. The molecule has 2 fully saturated rings. The van der Waals surface area contributed by atoms with Gasteiger partial charge in [0.15, 0.2) is 9.84 Å². The number of likely N-dealkylation sites (N-methyl/N-ethyl adjacent to an activating group) is 1.